The largest absolute Gasteiger partial charge is 0.490 e. The Balaban J connectivity index is 1.56. The summed E-state index contributed by atoms with van der Waals surface area (Å²) in [7, 11) is 0. The molecule has 19 heavy (non-hydrogen) atoms. The van der Waals surface area contributed by atoms with E-state index in [2.05, 4.69) is 6.07 Å². The van der Waals surface area contributed by atoms with E-state index in [1.54, 1.807) is 0 Å². The van der Waals surface area contributed by atoms with Crippen LogP contribution in [0, 0.1) is 0 Å². The van der Waals surface area contributed by atoms with Crippen molar-refractivity contribution in [2.45, 2.75) is 19.1 Å². The van der Waals surface area contributed by atoms with E-state index in [0.29, 0.717) is 6.61 Å². The molecule has 0 aliphatic carbocycles. The Morgan fingerprint density at radius 1 is 1.11 bits per heavy atom. The zero-order chi connectivity index (χ0) is 13.1. The second-order valence-corrected chi connectivity index (χ2v) is 4.66. The van der Waals surface area contributed by atoms with Gasteiger partial charge in [-0.1, -0.05) is 30.3 Å². The van der Waals surface area contributed by atoms with Crippen LogP contribution in [0.4, 0.5) is 0 Å². The molecule has 2 aromatic carbocycles. The summed E-state index contributed by atoms with van der Waals surface area (Å²) in [4.78, 5) is 0. The Hall–Kier alpha value is -2.00. The molecule has 0 spiro atoms. The van der Waals surface area contributed by atoms with Crippen LogP contribution in [-0.2, 0) is 13.0 Å². The molecule has 1 aliphatic rings. The second-order valence-electron chi connectivity index (χ2n) is 4.66. The van der Waals surface area contributed by atoms with Gasteiger partial charge < -0.3 is 14.6 Å². The van der Waals surface area contributed by atoms with Crippen molar-refractivity contribution < 1.29 is 14.6 Å². The number of benzene rings is 2. The highest BCUT2D eigenvalue weighted by Gasteiger charge is 2.22. The van der Waals surface area contributed by atoms with Crippen molar-refractivity contribution in [3.8, 4) is 11.5 Å². The van der Waals surface area contributed by atoms with Crippen molar-refractivity contribution in [3.63, 3.8) is 0 Å². The van der Waals surface area contributed by atoms with E-state index in [-0.39, 0.29) is 12.7 Å². The van der Waals surface area contributed by atoms with E-state index in [1.807, 2.05) is 42.5 Å². The summed E-state index contributed by atoms with van der Waals surface area (Å²) >= 11 is 0. The SMILES string of the molecule is OCc1ccc(OCC2Cc3ccccc3O2)cc1. The van der Waals surface area contributed by atoms with Crippen LogP contribution in [0.2, 0.25) is 0 Å². The summed E-state index contributed by atoms with van der Waals surface area (Å²) in [6.45, 7) is 0.592. The Morgan fingerprint density at radius 3 is 2.63 bits per heavy atom. The third kappa shape index (κ3) is 2.71. The van der Waals surface area contributed by atoms with Gasteiger partial charge in [-0.2, -0.15) is 0 Å². The third-order valence-electron chi connectivity index (χ3n) is 3.26. The lowest BCUT2D eigenvalue weighted by Gasteiger charge is -2.12. The predicted octanol–water partition coefficient (Wildman–Crippen LogP) is 2.56. The number of fused-ring (bicyclic) bond motifs is 1. The lowest BCUT2D eigenvalue weighted by Crippen LogP contribution is -2.22. The van der Waals surface area contributed by atoms with Gasteiger partial charge in [0.15, 0.2) is 0 Å². The molecule has 2 aromatic rings. The summed E-state index contributed by atoms with van der Waals surface area (Å²) in [6.07, 6.45) is 0.972. The smallest absolute Gasteiger partial charge is 0.137 e. The summed E-state index contributed by atoms with van der Waals surface area (Å²) in [5, 5.41) is 8.97. The normalized spacial score (nSPS) is 16.8. The Morgan fingerprint density at radius 2 is 1.89 bits per heavy atom. The fraction of sp³-hybridized carbons (Fsp3) is 0.250. The van der Waals surface area contributed by atoms with Gasteiger partial charge in [-0.05, 0) is 29.3 Å². The van der Waals surface area contributed by atoms with Crippen LogP contribution in [0.3, 0.4) is 0 Å². The summed E-state index contributed by atoms with van der Waals surface area (Å²) in [6, 6.07) is 15.5. The molecule has 1 aliphatic heterocycles. The van der Waals surface area contributed by atoms with Gasteiger partial charge in [-0.15, -0.1) is 0 Å². The molecule has 1 atom stereocenters. The maximum absolute atomic E-state index is 8.97. The van der Waals surface area contributed by atoms with E-state index in [4.69, 9.17) is 14.6 Å². The molecule has 1 unspecified atom stereocenters. The maximum Gasteiger partial charge on any atom is 0.137 e. The number of para-hydroxylation sites is 1. The van der Waals surface area contributed by atoms with E-state index >= 15 is 0 Å². The van der Waals surface area contributed by atoms with Gasteiger partial charge in [0.1, 0.15) is 24.2 Å². The van der Waals surface area contributed by atoms with Gasteiger partial charge in [-0.25, -0.2) is 0 Å². The fourth-order valence-electron chi connectivity index (χ4n) is 2.23. The molecule has 3 heteroatoms. The number of hydrogen-bond donors (Lipinski definition) is 1. The average Bonchev–Trinajstić information content (AvgIpc) is 2.88. The van der Waals surface area contributed by atoms with Crippen LogP contribution >= 0.6 is 0 Å². The molecular formula is C16H16O3. The second kappa shape index (κ2) is 5.33. The first kappa shape index (κ1) is 12.1. The highest BCUT2D eigenvalue weighted by molar-refractivity contribution is 5.37. The van der Waals surface area contributed by atoms with Crippen molar-refractivity contribution in [1.29, 1.82) is 0 Å². The van der Waals surface area contributed by atoms with E-state index < -0.39 is 0 Å². The van der Waals surface area contributed by atoms with Crippen molar-refractivity contribution in [2.24, 2.45) is 0 Å². The topological polar surface area (TPSA) is 38.7 Å². The Labute approximate surface area is 112 Å². The van der Waals surface area contributed by atoms with E-state index in [1.165, 1.54) is 5.56 Å². The van der Waals surface area contributed by atoms with Crippen LogP contribution < -0.4 is 9.47 Å². The van der Waals surface area contributed by atoms with Gasteiger partial charge in [-0.3, -0.25) is 0 Å². The van der Waals surface area contributed by atoms with Gasteiger partial charge in [0, 0.05) is 6.42 Å². The standard InChI is InChI=1S/C16H16O3/c17-10-12-5-7-14(8-6-12)18-11-15-9-13-3-1-2-4-16(13)19-15/h1-8,15,17H,9-11H2. The molecule has 0 aromatic heterocycles. The van der Waals surface area contributed by atoms with Crippen molar-refractivity contribution in [3.05, 3.63) is 59.7 Å². The Kier molecular flexibility index (Phi) is 3.38. The lowest BCUT2D eigenvalue weighted by molar-refractivity contribution is 0.148. The summed E-state index contributed by atoms with van der Waals surface area (Å²) in [5.41, 5.74) is 2.13. The minimum Gasteiger partial charge on any atom is -0.490 e. The van der Waals surface area contributed by atoms with Crippen molar-refractivity contribution in [2.75, 3.05) is 6.61 Å². The van der Waals surface area contributed by atoms with Crippen molar-refractivity contribution >= 4 is 0 Å². The molecule has 0 bridgehead atoms. The first-order valence-corrected chi connectivity index (χ1v) is 6.42. The quantitative estimate of drug-likeness (QED) is 0.913. The van der Waals surface area contributed by atoms with Crippen molar-refractivity contribution in [1.82, 2.24) is 0 Å². The molecule has 0 fully saturated rings. The van der Waals surface area contributed by atoms with Crippen LogP contribution in [-0.4, -0.2) is 17.8 Å². The van der Waals surface area contributed by atoms with Crippen LogP contribution in [0.5, 0.6) is 11.5 Å². The van der Waals surface area contributed by atoms with E-state index in [9.17, 15) is 0 Å². The monoisotopic (exact) mass is 256 g/mol. The molecule has 3 nitrogen and oxygen atoms in total. The minimum atomic E-state index is 0.0569. The number of hydrogen-bond acceptors (Lipinski definition) is 3. The van der Waals surface area contributed by atoms with Gasteiger partial charge >= 0.3 is 0 Å². The highest BCUT2D eigenvalue weighted by Crippen LogP contribution is 2.28. The molecule has 1 heterocycles. The number of rotatable bonds is 4. The van der Waals surface area contributed by atoms with E-state index in [0.717, 1.165) is 23.5 Å². The molecule has 98 valence electrons. The third-order valence-corrected chi connectivity index (χ3v) is 3.26. The number of aliphatic hydroxyl groups is 1. The predicted molar refractivity (Wildman–Crippen MR) is 72.4 cm³/mol. The van der Waals surface area contributed by atoms with Gasteiger partial charge in [0.05, 0.1) is 6.61 Å². The molecule has 3 rings (SSSR count). The molecule has 0 saturated heterocycles. The minimum absolute atomic E-state index is 0.0569. The van der Waals surface area contributed by atoms with Crippen LogP contribution in [0.15, 0.2) is 48.5 Å². The zero-order valence-corrected chi connectivity index (χ0v) is 10.6. The molecule has 0 radical (unpaired) electrons. The molecule has 1 N–H and O–H groups in total. The van der Waals surface area contributed by atoms with Crippen LogP contribution in [0.1, 0.15) is 11.1 Å². The lowest BCUT2D eigenvalue weighted by atomic mass is 10.1. The highest BCUT2D eigenvalue weighted by atomic mass is 16.5. The number of aliphatic hydroxyl groups excluding tert-OH is 1. The van der Waals surface area contributed by atoms with Crippen LogP contribution in [0.25, 0.3) is 0 Å². The summed E-state index contributed by atoms with van der Waals surface area (Å²) < 4.78 is 11.5. The van der Waals surface area contributed by atoms with Gasteiger partial charge in [0.2, 0.25) is 0 Å². The first-order chi connectivity index (χ1) is 9.35. The summed E-state index contributed by atoms with van der Waals surface area (Å²) in [5.74, 6) is 1.77. The maximum atomic E-state index is 8.97. The number of ether oxygens (including phenoxy) is 2. The average molecular weight is 256 g/mol. The molecule has 0 saturated carbocycles. The zero-order valence-electron chi connectivity index (χ0n) is 10.6. The van der Waals surface area contributed by atoms with Gasteiger partial charge in [0.25, 0.3) is 0 Å². The fourth-order valence-corrected chi connectivity index (χ4v) is 2.23. The molecular weight excluding hydrogens is 240 g/mol. The molecule has 0 amide bonds. The first-order valence-electron chi connectivity index (χ1n) is 6.42. The Bertz CT molecular complexity index is 523.